The summed E-state index contributed by atoms with van der Waals surface area (Å²) in [5.41, 5.74) is 3.23. The second kappa shape index (κ2) is 4.74. The minimum absolute atomic E-state index is 0.515. The largest absolute Gasteiger partial charge is 0.492 e. The minimum atomic E-state index is 0.515. The standard InChI is InChI=1S/C15H14N4O/c1-3-20-14-8-11-12(7-10(14)9-16)17-18-15(11)13-5-4-6-19(13)2/h4-8H,3H2,1-2H3,(H,17,18). The van der Waals surface area contributed by atoms with E-state index in [4.69, 9.17) is 4.74 Å². The van der Waals surface area contributed by atoms with Gasteiger partial charge in [-0.25, -0.2) is 0 Å². The Morgan fingerprint density at radius 2 is 2.30 bits per heavy atom. The number of ether oxygens (including phenoxy) is 1. The van der Waals surface area contributed by atoms with Crippen molar-refractivity contribution in [1.29, 1.82) is 5.26 Å². The molecule has 5 nitrogen and oxygen atoms in total. The molecule has 0 spiro atoms. The Morgan fingerprint density at radius 3 is 2.95 bits per heavy atom. The topological polar surface area (TPSA) is 66.6 Å². The molecule has 0 aliphatic heterocycles. The molecule has 0 radical (unpaired) electrons. The summed E-state index contributed by atoms with van der Waals surface area (Å²) in [5, 5.41) is 17.5. The van der Waals surface area contributed by atoms with Crippen LogP contribution in [-0.2, 0) is 7.05 Å². The first-order valence-corrected chi connectivity index (χ1v) is 6.41. The van der Waals surface area contributed by atoms with Gasteiger partial charge in [0, 0.05) is 18.6 Å². The van der Waals surface area contributed by atoms with Gasteiger partial charge in [0.25, 0.3) is 0 Å². The zero-order valence-corrected chi connectivity index (χ0v) is 11.3. The summed E-state index contributed by atoms with van der Waals surface area (Å²) in [4.78, 5) is 0. The van der Waals surface area contributed by atoms with Gasteiger partial charge in [-0.05, 0) is 31.2 Å². The average Bonchev–Trinajstić information content (AvgIpc) is 3.03. The number of nitrogens with one attached hydrogen (secondary N) is 1. The first-order valence-electron chi connectivity index (χ1n) is 6.41. The molecule has 0 saturated carbocycles. The van der Waals surface area contributed by atoms with Gasteiger partial charge in [0.1, 0.15) is 17.5 Å². The molecule has 0 atom stereocenters. The van der Waals surface area contributed by atoms with E-state index in [1.807, 2.05) is 42.9 Å². The van der Waals surface area contributed by atoms with E-state index in [0.29, 0.717) is 17.9 Å². The number of hydrogen-bond donors (Lipinski definition) is 1. The number of aryl methyl sites for hydroxylation is 1. The number of hydrogen-bond acceptors (Lipinski definition) is 3. The molecule has 1 aromatic carbocycles. The van der Waals surface area contributed by atoms with Crippen LogP contribution in [0.2, 0.25) is 0 Å². The second-order valence-corrected chi connectivity index (χ2v) is 4.52. The van der Waals surface area contributed by atoms with Crippen LogP contribution in [0.3, 0.4) is 0 Å². The van der Waals surface area contributed by atoms with Crippen molar-refractivity contribution >= 4 is 10.9 Å². The molecule has 2 aromatic heterocycles. The second-order valence-electron chi connectivity index (χ2n) is 4.52. The van der Waals surface area contributed by atoms with E-state index in [9.17, 15) is 5.26 Å². The maximum Gasteiger partial charge on any atom is 0.137 e. The fourth-order valence-electron chi connectivity index (χ4n) is 2.31. The number of nitriles is 1. The van der Waals surface area contributed by atoms with Crippen LogP contribution in [0.5, 0.6) is 5.75 Å². The predicted octanol–water partition coefficient (Wildman–Crippen LogP) is 2.84. The van der Waals surface area contributed by atoms with E-state index < -0.39 is 0 Å². The van der Waals surface area contributed by atoms with Gasteiger partial charge in [0.15, 0.2) is 0 Å². The van der Waals surface area contributed by atoms with E-state index in [1.54, 1.807) is 6.07 Å². The van der Waals surface area contributed by atoms with Crippen molar-refractivity contribution in [2.75, 3.05) is 6.61 Å². The van der Waals surface area contributed by atoms with Crippen LogP contribution >= 0.6 is 0 Å². The molecule has 3 aromatic rings. The molecule has 20 heavy (non-hydrogen) atoms. The first-order chi connectivity index (χ1) is 9.74. The van der Waals surface area contributed by atoms with E-state index in [0.717, 1.165) is 22.3 Å². The molecule has 3 rings (SSSR count). The molecule has 2 heterocycles. The summed E-state index contributed by atoms with van der Waals surface area (Å²) >= 11 is 0. The third-order valence-corrected chi connectivity index (χ3v) is 3.27. The Bertz CT molecular complexity index is 807. The summed E-state index contributed by atoms with van der Waals surface area (Å²) in [6.07, 6.45) is 1.98. The van der Waals surface area contributed by atoms with Crippen LogP contribution in [0, 0.1) is 11.3 Å². The fraction of sp³-hybridized carbons (Fsp3) is 0.200. The number of benzene rings is 1. The zero-order valence-electron chi connectivity index (χ0n) is 11.3. The molecule has 0 unspecified atom stereocenters. The number of rotatable bonds is 3. The summed E-state index contributed by atoms with van der Waals surface area (Å²) in [6.45, 7) is 2.43. The van der Waals surface area contributed by atoms with E-state index in [1.165, 1.54) is 0 Å². The normalized spacial score (nSPS) is 10.7. The van der Waals surface area contributed by atoms with Gasteiger partial charge in [-0.1, -0.05) is 0 Å². The molecule has 0 fully saturated rings. The molecule has 0 amide bonds. The number of fused-ring (bicyclic) bond motifs is 1. The van der Waals surface area contributed by atoms with E-state index >= 15 is 0 Å². The quantitative estimate of drug-likeness (QED) is 0.792. The first kappa shape index (κ1) is 12.3. The Balaban J connectivity index is 2.24. The summed E-state index contributed by atoms with van der Waals surface area (Å²) in [7, 11) is 1.98. The maximum absolute atomic E-state index is 9.17. The number of nitrogens with zero attached hydrogens (tertiary/aromatic N) is 3. The van der Waals surface area contributed by atoms with E-state index in [2.05, 4.69) is 16.3 Å². The van der Waals surface area contributed by atoms with Crippen LogP contribution in [0.4, 0.5) is 0 Å². The highest BCUT2D eigenvalue weighted by molar-refractivity contribution is 5.94. The van der Waals surface area contributed by atoms with Gasteiger partial charge in [0.2, 0.25) is 0 Å². The lowest BCUT2D eigenvalue weighted by atomic mass is 10.1. The summed E-state index contributed by atoms with van der Waals surface area (Å²) < 4.78 is 7.55. The summed E-state index contributed by atoms with van der Waals surface area (Å²) in [6, 6.07) is 9.79. The monoisotopic (exact) mass is 266 g/mol. The van der Waals surface area contributed by atoms with E-state index in [-0.39, 0.29) is 0 Å². The molecular weight excluding hydrogens is 252 g/mol. The van der Waals surface area contributed by atoms with Crippen LogP contribution in [0.1, 0.15) is 12.5 Å². The third-order valence-electron chi connectivity index (χ3n) is 3.27. The molecule has 1 N–H and O–H groups in total. The van der Waals surface area contributed by atoms with Crippen molar-refractivity contribution < 1.29 is 4.74 Å². The Morgan fingerprint density at radius 1 is 1.45 bits per heavy atom. The molecule has 0 aliphatic carbocycles. The van der Waals surface area contributed by atoms with Crippen molar-refractivity contribution in [1.82, 2.24) is 14.8 Å². The van der Waals surface area contributed by atoms with Gasteiger partial charge in [-0.3, -0.25) is 5.10 Å². The lowest BCUT2D eigenvalue weighted by Gasteiger charge is -2.06. The fourth-order valence-corrected chi connectivity index (χ4v) is 2.31. The van der Waals surface area contributed by atoms with Crippen LogP contribution in [-0.4, -0.2) is 21.4 Å². The van der Waals surface area contributed by atoms with Crippen LogP contribution in [0.15, 0.2) is 30.5 Å². The highest BCUT2D eigenvalue weighted by Gasteiger charge is 2.14. The van der Waals surface area contributed by atoms with Crippen LogP contribution in [0.25, 0.3) is 22.3 Å². The van der Waals surface area contributed by atoms with Gasteiger partial charge < -0.3 is 9.30 Å². The van der Waals surface area contributed by atoms with Crippen molar-refractivity contribution in [3.8, 4) is 23.2 Å². The predicted molar refractivity (Wildman–Crippen MR) is 76.4 cm³/mol. The highest BCUT2D eigenvalue weighted by Crippen LogP contribution is 2.31. The molecule has 0 saturated heterocycles. The van der Waals surface area contributed by atoms with Gasteiger partial charge in [-0.15, -0.1) is 0 Å². The Labute approximate surface area is 116 Å². The lowest BCUT2D eigenvalue weighted by molar-refractivity contribution is 0.340. The molecule has 0 bridgehead atoms. The van der Waals surface area contributed by atoms with Gasteiger partial charge in [-0.2, -0.15) is 10.4 Å². The lowest BCUT2D eigenvalue weighted by Crippen LogP contribution is -1.95. The van der Waals surface area contributed by atoms with Gasteiger partial charge in [0.05, 0.1) is 23.4 Å². The van der Waals surface area contributed by atoms with Crippen LogP contribution < -0.4 is 4.74 Å². The molecule has 100 valence electrons. The number of H-pyrrole nitrogens is 1. The highest BCUT2D eigenvalue weighted by atomic mass is 16.5. The van der Waals surface area contributed by atoms with Crippen molar-refractivity contribution in [3.63, 3.8) is 0 Å². The SMILES string of the molecule is CCOc1cc2c(-c3cccn3C)n[nH]c2cc1C#N. The molecule has 5 heteroatoms. The number of aromatic nitrogens is 3. The van der Waals surface area contributed by atoms with Crippen molar-refractivity contribution in [3.05, 3.63) is 36.0 Å². The van der Waals surface area contributed by atoms with Gasteiger partial charge >= 0.3 is 0 Å². The third kappa shape index (κ3) is 1.82. The molecule has 0 aliphatic rings. The maximum atomic E-state index is 9.17. The number of aromatic amines is 1. The smallest absolute Gasteiger partial charge is 0.137 e. The van der Waals surface area contributed by atoms with Crippen molar-refractivity contribution in [2.24, 2.45) is 7.05 Å². The summed E-state index contributed by atoms with van der Waals surface area (Å²) in [5.74, 6) is 0.597. The Hall–Kier alpha value is -2.74. The van der Waals surface area contributed by atoms with Crippen molar-refractivity contribution in [2.45, 2.75) is 6.92 Å². The molecular formula is C15H14N4O. The zero-order chi connectivity index (χ0) is 14.1. The minimum Gasteiger partial charge on any atom is -0.492 e. The average molecular weight is 266 g/mol. The Kier molecular flexibility index (Phi) is 2.92.